The number of hydrogen-bond donors (Lipinski definition) is 2. The summed E-state index contributed by atoms with van der Waals surface area (Å²) in [5.41, 5.74) is 0. The lowest BCUT2D eigenvalue weighted by molar-refractivity contribution is 0.0844. The number of para-hydroxylation sites is 1. The van der Waals surface area contributed by atoms with E-state index in [1.807, 2.05) is 35.2 Å². The van der Waals surface area contributed by atoms with Gasteiger partial charge in [0.1, 0.15) is 12.4 Å². The smallest absolute Gasteiger partial charge is 0.317 e. The second-order valence-electron chi connectivity index (χ2n) is 6.44. The molecule has 0 unspecified atom stereocenters. The fraction of sp³-hybridized carbons (Fsp3) is 0.611. The molecule has 2 aliphatic heterocycles. The van der Waals surface area contributed by atoms with Gasteiger partial charge in [-0.1, -0.05) is 18.2 Å². The fourth-order valence-electron chi connectivity index (χ4n) is 3.31. The number of benzene rings is 1. The van der Waals surface area contributed by atoms with Crippen LogP contribution < -0.4 is 10.1 Å². The number of aliphatic hydroxyl groups excluding tert-OH is 1. The molecule has 2 amide bonds. The second kappa shape index (κ2) is 9.03. The molecule has 0 aliphatic carbocycles. The first-order valence-electron chi connectivity index (χ1n) is 8.94. The molecule has 3 rings (SSSR count). The zero-order valence-electron chi connectivity index (χ0n) is 14.5. The highest BCUT2D eigenvalue weighted by Crippen LogP contribution is 2.16. The summed E-state index contributed by atoms with van der Waals surface area (Å²) < 4.78 is 10.9. The monoisotopic (exact) mass is 349 g/mol. The van der Waals surface area contributed by atoms with E-state index in [-0.39, 0.29) is 12.1 Å². The number of nitrogens with zero attached hydrogens (tertiary/aromatic N) is 2. The van der Waals surface area contributed by atoms with Crippen LogP contribution in [0.15, 0.2) is 30.3 Å². The highest BCUT2D eigenvalue weighted by Gasteiger charge is 2.32. The number of carbonyl (C=O) groups is 1. The summed E-state index contributed by atoms with van der Waals surface area (Å²) in [6, 6.07) is 9.57. The van der Waals surface area contributed by atoms with Crippen molar-refractivity contribution in [3.05, 3.63) is 30.3 Å². The SMILES string of the molecule is O=C(NCCOc1ccccc1)N1CCCN([C@H]2COC[C@@H]2O)CC1. The molecule has 2 atom stereocenters. The van der Waals surface area contributed by atoms with E-state index in [0.29, 0.717) is 32.9 Å². The molecule has 25 heavy (non-hydrogen) atoms. The Kier molecular flexibility index (Phi) is 6.49. The minimum atomic E-state index is -0.421. The van der Waals surface area contributed by atoms with E-state index in [9.17, 15) is 9.90 Å². The number of ether oxygens (including phenoxy) is 2. The van der Waals surface area contributed by atoms with Crippen LogP contribution in [0.2, 0.25) is 0 Å². The highest BCUT2D eigenvalue weighted by atomic mass is 16.5. The molecule has 1 aromatic rings. The molecule has 0 spiro atoms. The third kappa shape index (κ3) is 5.07. The maximum atomic E-state index is 12.3. The minimum Gasteiger partial charge on any atom is -0.492 e. The molecule has 7 heteroatoms. The molecule has 138 valence electrons. The van der Waals surface area contributed by atoms with Crippen LogP contribution in [0.3, 0.4) is 0 Å². The zero-order chi connectivity index (χ0) is 17.5. The van der Waals surface area contributed by atoms with Crippen molar-refractivity contribution >= 4 is 6.03 Å². The van der Waals surface area contributed by atoms with Gasteiger partial charge in [-0.2, -0.15) is 0 Å². The molecule has 0 bridgehead atoms. The maximum Gasteiger partial charge on any atom is 0.317 e. The lowest BCUT2D eigenvalue weighted by atomic mass is 10.2. The molecular weight excluding hydrogens is 322 g/mol. The molecule has 2 saturated heterocycles. The van der Waals surface area contributed by atoms with Crippen molar-refractivity contribution in [1.29, 1.82) is 0 Å². The van der Waals surface area contributed by atoms with Gasteiger partial charge in [0.25, 0.3) is 0 Å². The van der Waals surface area contributed by atoms with Crippen molar-refractivity contribution in [2.45, 2.75) is 18.6 Å². The molecule has 2 aliphatic rings. The van der Waals surface area contributed by atoms with E-state index in [4.69, 9.17) is 9.47 Å². The normalized spacial score (nSPS) is 24.8. The number of urea groups is 1. The lowest BCUT2D eigenvalue weighted by Crippen LogP contribution is -2.46. The first kappa shape index (κ1) is 18.0. The average Bonchev–Trinajstić information content (AvgIpc) is 2.92. The Morgan fingerprint density at radius 1 is 1.20 bits per heavy atom. The zero-order valence-corrected chi connectivity index (χ0v) is 14.5. The first-order valence-corrected chi connectivity index (χ1v) is 8.94. The van der Waals surface area contributed by atoms with Gasteiger partial charge in [0.2, 0.25) is 0 Å². The van der Waals surface area contributed by atoms with Gasteiger partial charge in [-0.25, -0.2) is 4.79 Å². The molecule has 1 aromatic carbocycles. The predicted molar refractivity (Wildman–Crippen MR) is 93.7 cm³/mol. The van der Waals surface area contributed by atoms with E-state index >= 15 is 0 Å². The van der Waals surface area contributed by atoms with Gasteiger partial charge in [-0.05, 0) is 18.6 Å². The van der Waals surface area contributed by atoms with Crippen molar-refractivity contribution in [3.63, 3.8) is 0 Å². The topological polar surface area (TPSA) is 74.3 Å². The van der Waals surface area contributed by atoms with Crippen LogP contribution >= 0.6 is 0 Å². The highest BCUT2D eigenvalue weighted by molar-refractivity contribution is 5.74. The third-order valence-electron chi connectivity index (χ3n) is 4.70. The van der Waals surface area contributed by atoms with Crippen molar-refractivity contribution in [1.82, 2.24) is 15.1 Å². The van der Waals surface area contributed by atoms with Crippen LogP contribution in [0.1, 0.15) is 6.42 Å². The summed E-state index contributed by atoms with van der Waals surface area (Å²) in [5.74, 6) is 0.805. The molecule has 0 radical (unpaired) electrons. The number of hydrogen-bond acceptors (Lipinski definition) is 5. The summed E-state index contributed by atoms with van der Waals surface area (Å²) in [6.45, 7) is 4.94. The van der Waals surface area contributed by atoms with Crippen LogP contribution in [-0.2, 0) is 4.74 Å². The number of carbonyl (C=O) groups excluding carboxylic acids is 1. The lowest BCUT2D eigenvalue weighted by Gasteiger charge is -2.28. The molecular formula is C18H27N3O4. The third-order valence-corrected chi connectivity index (χ3v) is 4.70. The van der Waals surface area contributed by atoms with Crippen LogP contribution in [-0.4, -0.2) is 85.6 Å². The number of amides is 2. The van der Waals surface area contributed by atoms with Gasteiger partial charge in [0.05, 0.1) is 31.9 Å². The molecule has 2 fully saturated rings. The Morgan fingerprint density at radius 3 is 2.80 bits per heavy atom. The number of rotatable bonds is 5. The first-order chi connectivity index (χ1) is 12.2. The van der Waals surface area contributed by atoms with E-state index in [0.717, 1.165) is 31.8 Å². The maximum absolute atomic E-state index is 12.3. The van der Waals surface area contributed by atoms with E-state index in [1.54, 1.807) is 0 Å². The largest absolute Gasteiger partial charge is 0.492 e. The summed E-state index contributed by atoms with van der Waals surface area (Å²) in [5, 5.41) is 12.9. The summed E-state index contributed by atoms with van der Waals surface area (Å²) in [7, 11) is 0. The van der Waals surface area contributed by atoms with Gasteiger partial charge in [-0.3, -0.25) is 4.90 Å². The van der Waals surface area contributed by atoms with Gasteiger partial charge in [0.15, 0.2) is 0 Å². The molecule has 0 aromatic heterocycles. The van der Waals surface area contributed by atoms with Crippen LogP contribution in [0.25, 0.3) is 0 Å². The average molecular weight is 349 g/mol. The molecule has 0 saturated carbocycles. The quantitative estimate of drug-likeness (QED) is 0.759. The Morgan fingerprint density at radius 2 is 2.04 bits per heavy atom. The summed E-state index contributed by atoms with van der Waals surface area (Å²) in [6.07, 6.45) is 0.479. The predicted octanol–water partition coefficient (Wildman–Crippen LogP) is 0.542. The Balaban J connectivity index is 1.37. The fourth-order valence-corrected chi connectivity index (χ4v) is 3.31. The number of nitrogens with one attached hydrogen (secondary N) is 1. The standard InChI is InChI=1S/C18H27N3O4/c22-17-14-24-13-16(17)20-8-4-9-21(11-10-20)18(23)19-7-12-25-15-5-2-1-3-6-15/h1-3,5-6,16-17,22H,4,7-14H2,(H,19,23)/t16-,17-/m0/s1. The van der Waals surface area contributed by atoms with Crippen molar-refractivity contribution in [2.24, 2.45) is 0 Å². The van der Waals surface area contributed by atoms with Gasteiger partial charge in [-0.15, -0.1) is 0 Å². The van der Waals surface area contributed by atoms with Crippen LogP contribution in [0, 0.1) is 0 Å². The van der Waals surface area contributed by atoms with Crippen molar-refractivity contribution in [3.8, 4) is 5.75 Å². The number of aliphatic hydroxyl groups is 1. The summed E-state index contributed by atoms with van der Waals surface area (Å²) >= 11 is 0. The minimum absolute atomic E-state index is 0.0540. The van der Waals surface area contributed by atoms with E-state index in [2.05, 4.69) is 10.2 Å². The van der Waals surface area contributed by atoms with Gasteiger partial charge >= 0.3 is 6.03 Å². The van der Waals surface area contributed by atoms with E-state index < -0.39 is 6.10 Å². The molecule has 7 nitrogen and oxygen atoms in total. The molecule has 2 heterocycles. The Labute approximate surface area is 148 Å². The van der Waals surface area contributed by atoms with Crippen molar-refractivity contribution < 1.29 is 19.4 Å². The van der Waals surface area contributed by atoms with Crippen LogP contribution in [0.4, 0.5) is 4.79 Å². The van der Waals surface area contributed by atoms with E-state index in [1.165, 1.54) is 0 Å². The second-order valence-corrected chi connectivity index (χ2v) is 6.44. The summed E-state index contributed by atoms with van der Waals surface area (Å²) in [4.78, 5) is 16.4. The van der Waals surface area contributed by atoms with Gasteiger partial charge in [0, 0.05) is 26.2 Å². The van der Waals surface area contributed by atoms with Crippen molar-refractivity contribution in [2.75, 3.05) is 52.5 Å². The molecule has 2 N–H and O–H groups in total. The van der Waals surface area contributed by atoms with Gasteiger partial charge < -0.3 is 24.8 Å². The Hall–Kier alpha value is -1.83. The Bertz CT molecular complexity index is 542. The van der Waals surface area contributed by atoms with Crippen LogP contribution in [0.5, 0.6) is 5.75 Å².